The Kier molecular flexibility index (Phi) is 16.1. The summed E-state index contributed by atoms with van der Waals surface area (Å²) in [5, 5.41) is 14.0. The molecular formula is C17H39ClN4. The molecule has 4 nitrogen and oxygen atoms in total. The fourth-order valence-corrected chi connectivity index (χ4v) is 2.74. The molecule has 0 aromatic heterocycles. The van der Waals surface area contributed by atoms with Crippen LogP contribution in [0.15, 0.2) is 0 Å². The minimum atomic E-state index is 0. The Bertz CT molecular complexity index is 207. The second kappa shape index (κ2) is 16.0. The molecule has 0 spiro atoms. The van der Waals surface area contributed by atoms with E-state index < -0.39 is 0 Å². The second-order valence-electron chi connectivity index (χ2n) is 6.29. The SMILES string of the molecule is CCNCCCCNCC1CC1CNCCCCNCC.Cl. The van der Waals surface area contributed by atoms with E-state index in [4.69, 9.17) is 0 Å². The summed E-state index contributed by atoms with van der Waals surface area (Å²) in [5.74, 6) is 1.88. The molecule has 1 aliphatic carbocycles. The standard InChI is InChI=1S/C17H38N4.ClH/c1-3-18-9-5-7-11-20-14-16-13-17(16)15-21-12-8-6-10-19-4-2;/h16-21H,3-15H2,1-2H3;1H. The van der Waals surface area contributed by atoms with Crippen LogP contribution in [0.3, 0.4) is 0 Å². The van der Waals surface area contributed by atoms with Crippen LogP contribution < -0.4 is 21.3 Å². The molecule has 0 radical (unpaired) electrons. The Morgan fingerprint density at radius 1 is 0.636 bits per heavy atom. The van der Waals surface area contributed by atoms with E-state index in [-0.39, 0.29) is 12.4 Å². The summed E-state index contributed by atoms with van der Waals surface area (Å²) in [5.41, 5.74) is 0. The first-order chi connectivity index (χ1) is 10.4. The lowest BCUT2D eigenvalue weighted by Gasteiger charge is -2.06. The average molecular weight is 335 g/mol. The predicted molar refractivity (Wildman–Crippen MR) is 100 cm³/mol. The van der Waals surface area contributed by atoms with Gasteiger partial charge in [0.1, 0.15) is 0 Å². The Hall–Kier alpha value is 0.130. The quantitative estimate of drug-likeness (QED) is 0.326. The lowest BCUT2D eigenvalue weighted by Crippen LogP contribution is -2.23. The van der Waals surface area contributed by atoms with Gasteiger partial charge in [-0.2, -0.15) is 0 Å². The number of rotatable bonds is 16. The van der Waals surface area contributed by atoms with E-state index >= 15 is 0 Å². The Labute approximate surface area is 144 Å². The van der Waals surface area contributed by atoms with Crippen molar-refractivity contribution in [2.45, 2.75) is 46.0 Å². The van der Waals surface area contributed by atoms with E-state index in [9.17, 15) is 0 Å². The third-order valence-electron chi connectivity index (χ3n) is 4.30. The van der Waals surface area contributed by atoms with Crippen LogP contribution >= 0.6 is 12.4 Å². The Morgan fingerprint density at radius 3 is 1.36 bits per heavy atom. The highest BCUT2D eigenvalue weighted by Crippen LogP contribution is 2.36. The molecule has 0 aromatic rings. The third kappa shape index (κ3) is 12.7. The monoisotopic (exact) mass is 334 g/mol. The second-order valence-corrected chi connectivity index (χ2v) is 6.29. The van der Waals surface area contributed by atoms with Gasteiger partial charge >= 0.3 is 0 Å². The van der Waals surface area contributed by atoms with Crippen molar-refractivity contribution in [2.75, 3.05) is 52.4 Å². The van der Waals surface area contributed by atoms with Crippen molar-refractivity contribution in [2.24, 2.45) is 11.8 Å². The first-order valence-electron chi connectivity index (χ1n) is 9.21. The number of hydrogen-bond acceptors (Lipinski definition) is 4. The fraction of sp³-hybridized carbons (Fsp3) is 1.00. The highest BCUT2D eigenvalue weighted by molar-refractivity contribution is 5.85. The van der Waals surface area contributed by atoms with E-state index in [1.807, 2.05) is 0 Å². The number of hydrogen-bond donors (Lipinski definition) is 4. The zero-order chi connectivity index (χ0) is 15.2. The molecule has 4 N–H and O–H groups in total. The average Bonchev–Trinajstić information content (AvgIpc) is 3.24. The van der Waals surface area contributed by atoms with Gasteiger partial charge in [-0.05, 0) is 96.3 Å². The van der Waals surface area contributed by atoms with Crippen LogP contribution in [0, 0.1) is 11.8 Å². The van der Waals surface area contributed by atoms with Crippen LogP contribution in [0.4, 0.5) is 0 Å². The van der Waals surface area contributed by atoms with Crippen LogP contribution in [0.2, 0.25) is 0 Å². The van der Waals surface area contributed by atoms with Gasteiger partial charge in [0.25, 0.3) is 0 Å². The van der Waals surface area contributed by atoms with Crippen LogP contribution in [0.1, 0.15) is 46.0 Å². The van der Waals surface area contributed by atoms with Crippen molar-refractivity contribution in [3.05, 3.63) is 0 Å². The van der Waals surface area contributed by atoms with Gasteiger partial charge in [0, 0.05) is 0 Å². The third-order valence-corrected chi connectivity index (χ3v) is 4.30. The number of unbranched alkanes of at least 4 members (excludes halogenated alkanes) is 2. The van der Waals surface area contributed by atoms with Gasteiger partial charge in [0.2, 0.25) is 0 Å². The molecule has 0 aromatic carbocycles. The summed E-state index contributed by atoms with van der Waals surface area (Å²) >= 11 is 0. The molecular weight excluding hydrogens is 296 g/mol. The first kappa shape index (κ1) is 22.1. The Morgan fingerprint density at radius 2 is 1.00 bits per heavy atom. The minimum Gasteiger partial charge on any atom is -0.317 e. The lowest BCUT2D eigenvalue weighted by atomic mass is 10.2. The van der Waals surface area contributed by atoms with Crippen LogP contribution in [-0.2, 0) is 0 Å². The summed E-state index contributed by atoms with van der Waals surface area (Å²) in [7, 11) is 0. The summed E-state index contributed by atoms with van der Waals surface area (Å²) in [6.07, 6.45) is 6.62. The highest BCUT2D eigenvalue weighted by atomic mass is 35.5. The Balaban J connectivity index is 0.00000441. The van der Waals surface area contributed by atoms with Gasteiger partial charge in [-0.25, -0.2) is 0 Å². The van der Waals surface area contributed by atoms with Crippen molar-refractivity contribution >= 4 is 12.4 Å². The normalized spacial score (nSPS) is 19.9. The van der Waals surface area contributed by atoms with Crippen molar-refractivity contribution < 1.29 is 0 Å². The van der Waals surface area contributed by atoms with E-state index in [1.165, 1.54) is 71.4 Å². The summed E-state index contributed by atoms with van der Waals surface area (Å²) in [6.45, 7) is 13.7. The van der Waals surface area contributed by atoms with E-state index in [0.717, 1.165) is 24.9 Å². The van der Waals surface area contributed by atoms with E-state index in [2.05, 4.69) is 35.1 Å². The maximum Gasteiger partial charge on any atom is -0.00173 e. The number of nitrogens with one attached hydrogen (secondary N) is 4. The molecule has 0 heterocycles. The molecule has 134 valence electrons. The minimum absolute atomic E-state index is 0. The smallest absolute Gasteiger partial charge is 0.00173 e. The van der Waals surface area contributed by atoms with Crippen LogP contribution in [0.25, 0.3) is 0 Å². The molecule has 5 heteroatoms. The van der Waals surface area contributed by atoms with Gasteiger partial charge in [-0.3, -0.25) is 0 Å². The molecule has 1 rings (SSSR count). The maximum absolute atomic E-state index is 3.62. The van der Waals surface area contributed by atoms with Crippen molar-refractivity contribution in [3.63, 3.8) is 0 Å². The van der Waals surface area contributed by atoms with Gasteiger partial charge in [0.15, 0.2) is 0 Å². The molecule has 0 bridgehead atoms. The molecule has 1 fully saturated rings. The largest absolute Gasteiger partial charge is 0.317 e. The van der Waals surface area contributed by atoms with Crippen molar-refractivity contribution in [1.29, 1.82) is 0 Å². The molecule has 22 heavy (non-hydrogen) atoms. The topological polar surface area (TPSA) is 48.1 Å². The maximum atomic E-state index is 3.62. The fourth-order valence-electron chi connectivity index (χ4n) is 2.74. The summed E-state index contributed by atoms with van der Waals surface area (Å²) in [4.78, 5) is 0. The van der Waals surface area contributed by atoms with E-state index in [1.54, 1.807) is 0 Å². The number of halogens is 1. The van der Waals surface area contributed by atoms with Gasteiger partial charge in [-0.1, -0.05) is 13.8 Å². The molecule has 2 atom stereocenters. The zero-order valence-electron chi connectivity index (χ0n) is 14.8. The molecule has 0 saturated heterocycles. The summed E-state index contributed by atoms with van der Waals surface area (Å²) in [6, 6.07) is 0. The van der Waals surface area contributed by atoms with Crippen molar-refractivity contribution in [3.8, 4) is 0 Å². The predicted octanol–water partition coefficient (Wildman–Crippen LogP) is 2.00. The lowest BCUT2D eigenvalue weighted by molar-refractivity contribution is 0.531. The zero-order valence-corrected chi connectivity index (χ0v) is 15.6. The molecule has 1 aliphatic rings. The van der Waals surface area contributed by atoms with E-state index in [0.29, 0.717) is 0 Å². The van der Waals surface area contributed by atoms with Gasteiger partial charge in [0.05, 0.1) is 0 Å². The van der Waals surface area contributed by atoms with Gasteiger partial charge < -0.3 is 21.3 Å². The summed E-state index contributed by atoms with van der Waals surface area (Å²) < 4.78 is 0. The molecule has 2 unspecified atom stereocenters. The first-order valence-corrected chi connectivity index (χ1v) is 9.21. The highest BCUT2D eigenvalue weighted by Gasteiger charge is 2.35. The molecule has 1 saturated carbocycles. The molecule has 0 amide bonds. The van der Waals surface area contributed by atoms with Crippen LogP contribution in [0.5, 0.6) is 0 Å². The van der Waals surface area contributed by atoms with Crippen LogP contribution in [-0.4, -0.2) is 52.4 Å². The molecule has 0 aliphatic heterocycles. The van der Waals surface area contributed by atoms with Gasteiger partial charge in [-0.15, -0.1) is 12.4 Å². The van der Waals surface area contributed by atoms with Crippen molar-refractivity contribution in [1.82, 2.24) is 21.3 Å².